The Kier molecular flexibility index (Phi) is 13.2. The average molecular weight is 261 g/mol. The molecule has 18 heavy (non-hydrogen) atoms. The van der Waals surface area contributed by atoms with Crippen LogP contribution in [0, 0.1) is 5.92 Å². The Hall–Kier alpha value is -0.160. The van der Waals surface area contributed by atoms with Crippen LogP contribution in [0.5, 0.6) is 0 Å². The Morgan fingerprint density at radius 3 is 2.28 bits per heavy atom. The summed E-state index contributed by atoms with van der Waals surface area (Å²) in [6.45, 7) is 11.1. The van der Waals surface area contributed by atoms with Crippen molar-refractivity contribution in [1.82, 2.24) is 5.32 Å². The van der Waals surface area contributed by atoms with Gasteiger partial charge in [0.25, 0.3) is 0 Å². The van der Waals surface area contributed by atoms with Crippen molar-refractivity contribution >= 4 is 0 Å². The maximum atomic E-state index is 5.67. The molecule has 2 atom stereocenters. The van der Waals surface area contributed by atoms with Crippen LogP contribution < -0.4 is 5.32 Å². The second kappa shape index (κ2) is 13.3. The monoisotopic (exact) mass is 261 g/mol. The summed E-state index contributed by atoms with van der Waals surface area (Å²) in [5.41, 5.74) is 0. The SMILES string of the molecule is CCCNC(COCCOCCOC)C(C)CC. The summed E-state index contributed by atoms with van der Waals surface area (Å²) in [7, 11) is 1.68. The molecule has 0 aliphatic rings. The smallest absolute Gasteiger partial charge is 0.0701 e. The molecule has 0 heterocycles. The van der Waals surface area contributed by atoms with Gasteiger partial charge in [0.1, 0.15) is 0 Å². The van der Waals surface area contributed by atoms with E-state index < -0.39 is 0 Å². The first-order valence-corrected chi connectivity index (χ1v) is 7.14. The van der Waals surface area contributed by atoms with E-state index in [1.54, 1.807) is 7.11 Å². The highest BCUT2D eigenvalue weighted by Gasteiger charge is 2.14. The van der Waals surface area contributed by atoms with Crippen LogP contribution in [0.4, 0.5) is 0 Å². The zero-order valence-corrected chi connectivity index (χ0v) is 12.5. The molecule has 2 unspecified atom stereocenters. The highest BCUT2D eigenvalue weighted by atomic mass is 16.5. The van der Waals surface area contributed by atoms with Gasteiger partial charge in [0.05, 0.1) is 33.0 Å². The molecule has 0 saturated heterocycles. The second-order valence-electron chi connectivity index (χ2n) is 4.63. The highest BCUT2D eigenvalue weighted by Crippen LogP contribution is 2.08. The first-order chi connectivity index (χ1) is 8.76. The Morgan fingerprint density at radius 1 is 1.00 bits per heavy atom. The van der Waals surface area contributed by atoms with Crippen LogP contribution in [-0.4, -0.2) is 52.7 Å². The molecule has 0 saturated carbocycles. The third kappa shape index (κ3) is 9.83. The molecule has 0 aliphatic carbocycles. The third-order valence-corrected chi connectivity index (χ3v) is 3.09. The van der Waals surface area contributed by atoms with Gasteiger partial charge < -0.3 is 19.5 Å². The van der Waals surface area contributed by atoms with Crippen molar-refractivity contribution < 1.29 is 14.2 Å². The maximum Gasteiger partial charge on any atom is 0.0701 e. The van der Waals surface area contributed by atoms with Crippen LogP contribution in [0.1, 0.15) is 33.6 Å². The van der Waals surface area contributed by atoms with Crippen LogP contribution in [0.3, 0.4) is 0 Å². The standard InChI is InChI=1S/C14H31NO3/c1-5-7-15-14(13(3)6-2)12-18-11-10-17-9-8-16-4/h13-15H,5-12H2,1-4H3. The summed E-state index contributed by atoms with van der Waals surface area (Å²) in [5, 5.41) is 3.55. The maximum absolute atomic E-state index is 5.67. The summed E-state index contributed by atoms with van der Waals surface area (Å²) in [6.07, 6.45) is 2.34. The van der Waals surface area contributed by atoms with Crippen LogP contribution in [-0.2, 0) is 14.2 Å². The van der Waals surface area contributed by atoms with Gasteiger partial charge in [0.2, 0.25) is 0 Å². The Bertz CT molecular complexity index is 167. The van der Waals surface area contributed by atoms with Crippen molar-refractivity contribution in [1.29, 1.82) is 0 Å². The number of ether oxygens (including phenoxy) is 3. The average Bonchev–Trinajstić information content (AvgIpc) is 2.40. The molecule has 4 heteroatoms. The molecule has 0 aromatic heterocycles. The van der Waals surface area contributed by atoms with E-state index in [9.17, 15) is 0 Å². The number of methoxy groups -OCH3 is 1. The predicted octanol–water partition coefficient (Wildman–Crippen LogP) is 2.08. The van der Waals surface area contributed by atoms with E-state index in [0.717, 1.165) is 19.6 Å². The Labute approximate surface area is 112 Å². The summed E-state index contributed by atoms with van der Waals surface area (Å²) in [5.74, 6) is 0.644. The van der Waals surface area contributed by atoms with E-state index in [-0.39, 0.29) is 0 Å². The Balaban J connectivity index is 3.56. The van der Waals surface area contributed by atoms with Gasteiger partial charge in [-0.2, -0.15) is 0 Å². The fraction of sp³-hybridized carbons (Fsp3) is 1.00. The van der Waals surface area contributed by atoms with Gasteiger partial charge in [-0.05, 0) is 18.9 Å². The highest BCUT2D eigenvalue weighted by molar-refractivity contribution is 4.71. The first kappa shape index (κ1) is 17.8. The normalized spacial score (nSPS) is 14.7. The fourth-order valence-corrected chi connectivity index (χ4v) is 1.61. The molecular formula is C14H31NO3. The largest absolute Gasteiger partial charge is 0.382 e. The summed E-state index contributed by atoms with van der Waals surface area (Å²) in [6, 6.07) is 0.453. The van der Waals surface area contributed by atoms with E-state index >= 15 is 0 Å². The molecule has 0 aliphatic heterocycles. The second-order valence-corrected chi connectivity index (χ2v) is 4.63. The summed E-state index contributed by atoms with van der Waals surface area (Å²) < 4.78 is 15.9. The van der Waals surface area contributed by atoms with Crippen LogP contribution >= 0.6 is 0 Å². The van der Waals surface area contributed by atoms with Crippen molar-refractivity contribution in [3.8, 4) is 0 Å². The summed E-state index contributed by atoms with van der Waals surface area (Å²) >= 11 is 0. The van der Waals surface area contributed by atoms with Crippen molar-refractivity contribution in [2.45, 2.75) is 39.7 Å². The van der Waals surface area contributed by atoms with Crippen molar-refractivity contribution in [2.75, 3.05) is 46.7 Å². The van der Waals surface area contributed by atoms with E-state index in [1.165, 1.54) is 6.42 Å². The lowest BCUT2D eigenvalue weighted by Gasteiger charge is -2.24. The third-order valence-electron chi connectivity index (χ3n) is 3.09. The van der Waals surface area contributed by atoms with Crippen LogP contribution in [0.15, 0.2) is 0 Å². The lowest BCUT2D eigenvalue weighted by atomic mass is 10.00. The molecule has 0 aromatic carbocycles. The van der Waals surface area contributed by atoms with Crippen molar-refractivity contribution in [3.63, 3.8) is 0 Å². The zero-order valence-electron chi connectivity index (χ0n) is 12.5. The number of hydrogen-bond donors (Lipinski definition) is 1. The van der Waals surface area contributed by atoms with Gasteiger partial charge >= 0.3 is 0 Å². The molecule has 0 spiro atoms. The molecule has 4 nitrogen and oxygen atoms in total. The molecule has 0 bridgehead atoms. The molecule has 0 aromatic rings. The van der Waals surface area contributed by atoms with E-state index in [1.807, 2.05) is 0 Å². The van der Waals surface area contributed by atoms with Gasteiger partial charge in [-0.25, -0.2) is 0 Å². The lowest BCUT2D eigenvalue weighted by Crippen LogP contribution is -2.39. The van der Waals surface area contributed by atoms with Crippen molar-refractivity contribution in [2.24, 2.45) is 5.92 Å². The zero-order chi connectivity index (χ0) is 13.6. The molecular weight excluding hydrogens is 230 g/mol. The van der Waals surface area contributed by atoms with Crippen LogP contribution in [0.2, 0.25) is 0 Å². The number of nitrogens with one attached hydrogen (secondary N) is 1. The molecule has 0 amide bonds. The van der Waals surface area contributed by atoms with Gasteiger partial charge in [0, 0.05) is 13.2 Å². The quantitative estimate of drug-likeness (QED) is 0.515. The minimum Gasteiger partial charge on any atom is -0.382 e. The van der Waals surface area contributed by atoms with Crippen LogP contribution in [0.25, 0.3) is 0 Å². The minimum absolute atomic E-state index is 0.453. The topological polar surface area (TPSA) is 39.7 Å². The van der Waals surface area contributed by atoms with Crippen molar-refractivity contribution in [3.05, 3.63) is 0 Å². The van der Waals surface area contributed by atoms with Gasteiger partial charge in [-0.1, -0.05) is 27.2 Å². The van der Waals surface area contributed by atoms with Gasteiger partial charge in [-0.3, -0.25) is 0 Å². The molecule has 1 N–H and O–H groups in total. The van der Waals surface area contributed by atoms with E-state index in [2.05, 4.69) is 26.1 Å². The minimum atomic E-state index is 0.453. The number of rotatable bonds is 13. The molecule has 0 fully saturated rings. The summed E-state index contributed by atoms with van der Waals surface area (Å²) in [4.78, 5) is 0. The molecule has 0 rings (SSSR count). The molecule has 0 radical (unpaired) electrons. The molecule has 110 valence electrons. The van der Waals surface area contributed by atoms with E-state index in [4.69, 9.17) is 14.2 Å². The Morgan fingerprint density at radius 2 is 1.67 bits per heavy atom. The first-order valence-electron chi connectivity index (χ1n) is 7.14. The van der Waals surface area contributed by atoms with Gasteiger partial charge in [-0.15, -0.1) is 0 Å². The lowest BCUT2D eigenvalue weighted by molar-refractivity contribution is 0.0154. The van der Waals surface area contributed by atoms with E-state index in [0.29, 0.717) is 38.4 Å². The van der Waals surface area contributed by atoms with Gasteiger partial charge in [0.15, 0.2) is 0 Å². The fourth-order valence-electron chi connectivity index (χ4n) is 1.61. The number of hydrogen-bond acceptors (Lipinski definition) is 4. The predicted molar refractivity (Wildman–Crippen MR) is 75.1 cm³/mol.